The number of hydrogen-bond donors (Lipinski definition) is 1. The van der Waals surface area contributed by atoms with Crippen LogP contribution in [0.15, 0.2) is 40.9 Å². The summed E-state index contributed by atoms with van der Waals surface area (Å²) in [6, 6.07) is 9.32. The van der Waals surface area contributed by atoms with Gasteiger partial charge in [-0.05, 0) is 19.9 Å². The lowest BCUT2D eigenvalue weighted by Gasteiger charge is -2.07. The van der Waals surface area contributed by atoms with Gasteiger partial charge in [-0.1, -0.05) is 17.3 Å². The lowest BCUT2D eigenvalue weighted by molar-refractivity contribution is -0.384. The van der Waals surface area contributed by atoms with Crippen molar-refractivity contribution in [1.29, 1.82) is 0 Å². The van der Waals surface area contributed by atoms with Crippen molar-refractivity contribution in [3.8, 4) is 11.3 Å². The maximum atomic E-state index is 13.0. The normalized spacial score (nSPS) is 11.0. The number of nitro groups is 1. The molecule has 10 heteroatoms. The smallest absolute Gasteiger partial charge is 0.270 e. The van der Waals surface area contributed by atoms with E-state index in [1.165, 1.54) is 12.1 Å². The Morgan fingerprint density at radius 2 is 2.03 bits per heavy atom. The highest BCUT2D eigenvalue weighted by Crippen LogP contribution is 2.29. The van der Waals surface area contributed by atoms with Crippen LogP contribution in [0, 0.1) is 24.0 Å². The maximum absolute atomic E-state index is 13.0. The van der Waals surface area contributed by atoms with Gasteiger partial charge in [-0.25, -0.2) is 4.98 Å². The zero-order chi connectivity index (χ0) is 20.7. The highest BCUT2D eigenvalue weighted by atomic mass is 16.6. The number of nitro benzene ring substituents is 1. The number of amides is 1. The van der Waals surface area contributed by atoms with Crippen molar-refractivity contribution in [3.05, 3.63) is 63.5 Å². The maximum Gasteiger partial charge on any atom is 0.270 e. The molecule has 0 aliphatic carbocycles. The number of aryl methyl sites for hydroxylation is 3. The van der Waals surface area contributed by atoms with E-state index in [0.29, 0.717) is 33.7 Å². The number of pyridine rings is 1. The van der Waals surface area contributed by atoms with Crippen molar-refractivity contribution in [3.63, 3.8) is 0 Å². The van der Waals surface area contributed by atoms with Gasteiger partial charge in [0.15, 0.2) is 5.82 Å². The number of hydrogen-bond acceptors (Lipinski definition) is 7. The van der Waals surface area contributed by atoms with Crippen molar-refractivity contribution >= 4 is 28.5 Å². The van der Waals surface area contributed by atoms with Crippen LogP contribution in [0.3, 0.4) is 0 Å². The molecule has 10 nitrogen and oxygen atoms in total. The quantitative estimate of drug-likeness (QED) is 0.416. The SMILES string of the molecule is Cc1noc2nc(-c3cccc([N+](=O)[O-])c3)cc(C(=O)Nc3cc(C)n(C)n3)c12. The Kier molecular flexibility index (Phi) is 4.30. The number of nitrogens with one attached hydrogen (secondary N) is 1. The molecule has 1 amide bonds. The molecule has 3 heterocycles. The minimum atomic E-state index is -0.488. The van der Waals surface area contributed by atoms with Crippen molar-refractivity contribution in [2.45, 2.75) is 13.8 Å². The van der Waals surface area contributed by atoms with Crippen LogP contribution in [-0.4, -0.2) is 30.8 Å². The summed E-state index contributed by atoms with van der Waals surface area (Å²) in [6.45, 7) is 3.58. The Labute approximate surface area is 164 Å². The predicted octanol–water partition coefficient (Wildman–Crippen LogP) is 3.40. The topological polar surface area (TPSA) is 129 Å². The van der Waals surface area contributed by atoms with E-state index in [4.69, 9.17) is 4.52 Å². The Bertz CT molecular complexity index is 1250. The van der Waals surface area contributed by atoms with Gasteiger partial charge in [0.25, 0.3) is 17.3 Å². The third-order valence-electron chi connectivity index (χ3n) is 4.57. The van der Waals surface area contributed by atoms with Gasteiger partial charge >= 0.3 is 0 Å². The molecule has 3 aromatic heterocycles. The molecule has 29 heavy (non-hydrogen) atoms. The number of anilines is 1. The van der Waals surface area contributed by atoms with Gasteiger partial charge in [-0.2, -0.15) is 5.10 Å². The standard InChI is InChI=1S/C19H16N6O4/c1-10-7-16(22-24(10)3)21-18(26)14-9-15(20-19-17(14)11(2)23-29-19)12-5-4-6-13(8-12)25(27)28/h4-9H,1-3H3,(H,21,22,26). The van der Waals surface area contributed by atoms with E-state index in [2.05, 4.69) is 20.6 Å². The summed E-state index contributed by atoms with van der Waals surface area (Å²) in [5.41, 5.74) is 2.64. The minimum absolute atomic E-state index is 0.0758. The van der Waals surface area contributed by atoms with Crippen LogP contribution in [-0.2, 0) is 7.05 Å². The number of rotatable bonds is 4. The molecule has 0 saturated carbocycles. The van der Waals surface area contributed by atoms with Crippen molar-refractivity contribution in [2.24, 2.45) is 7.05 Å². The van der Waals surface area contributed by atoms with E-state index < -0.39 is 10.8 Å². The Balaban J connectivity index is 1.82. The largest absolute Gasteiger partial charge is 0.335 e. The van der Waals surface area contributed by atoms with Crippen LogP contribution >= 0.6 is 0 Å². The summed E-state index contributed by atoms with van der Waals surface area (Å²) in [5, 5.41) is 22.5. The molecule has 0 bridgehead atoms. The molecule has 4 aromatic rings. The van der Waals surface area contributed by atoms with Crippen LogP contribution in [0.25, 0.3) is 22.4 Å². The molecule has 0 radical (unpaired) electrons. The summed E-state index contributed by atoms with van der Waals surface area (Å²) in [4.78, 5) is 28.0. The fourth-order valence-electron chi connectivity index (χ4n) is 3.01. The lowest BCUT2D eigenvalue weighted by Crippen LogP contribution is -2.13. The van der Waals surface area contributed by atoms with Crippen molar-refractivity contribution in [2.75, 3.05) is 5.32 Å². The first-order valence-corrected chi connectivity index (χ1v) is 8.67. The number of carbonyl (C=O) groups is 1. The summed E-state index contributed by atoms with van der Waals surface area (Å²) in [5.74, 6) is -0.000510. The Morgan fingerprint density at radius 3 is 2.72 bits per heavy atom. The Morgan fingerprint density at radius 1 is 1.24 bits per heavy atom. The van der Waals surface area contributed by atoms with Crippen LogP contribution in [0.1, 0.15) is 21.7 Å². The second-order valence-electron chi connectivity index (χ2n) is 6.56. The molecule has 0 aliphatic heterocycles. The molecule has 1 N–H and O–H groups in total. The van der Waals surface area contributed by atoms with Gasteiger partial charge < -0.3 is 9.84 Å². The van der Waals surface area contributed by atoms with Crippen LogP contribution in [0.2, 0.25) is 0 Å². The average molecular weight is 392 g/mol. The molecule has 0 spiro atoms. The second kappa shape index (κ2) is 6.82. The molecule has 0 aliphatic rings. The van der Waals surface area contributed by atoms with E-state index in [1.807, 2.05) is 6.92 Å². The number of fused-ring (bicyclic) bond motifs is 1. The monoisotopic (exact) mass is 392 g/mol. The van der Waals surface area contributed by atoms with Gasteiger partial charge in [-0.15, -0.1) is 0 Å². The zero-order valence-corrected chi connectivity index (χ0v) is 15.8. The molecule has 4 rings (SSSR count). The van der Waals surface area contributed by atoms with Gasteiger partial charge in [0.1, 0.15) is 0 Å². The first kappa shape index (κ1) is 18.3. The molecule has 0 atom stereocenters. The van der Waals surface area contributed by atoms with Crippen LogP contribution in [0.4, 0.5) is 11.5 Å². The van der Waals surface area contributed by atoms with Crippen LogP contribution < -0.4 is 5.32 Å². The van der Waals surface area contributed by atoms with E-state index in [9.17, 15) is 14.9 Å². The zero-order valence-electron chi connectivity index (χ0n) is 15.8. The molecular formula is C19H16N6O4. The molecule has 0 saturated heterocycles. The number of benzene rings is 1. The van der Waals surface area contributed by atoms with Gasteiger partial charge in [0, 0.05) is 36.5 Å². The highest BCUT2D eigenvalue weighted by molar-refractivity contribution is 6.12. The summed E-state index contributed by atoms with van der Waals surface area (Å²) >= 11 is 0. The second-order valence-corrected chi connectivity index (χ2v) is 6.56. The number of non-ortho nitro benzene ring substituents is 1. The molecular weight excluding hydrogens is 376 g/mol. The lowest BCUT2D eigenvalue weighted by atomic mass is 10.0. The van der Waals surface area contributed by atoms with E-state index in [1.54, 1.807) is 42.9 Å². The van der Waals surface area contributed by atoms with Crippen molar-refractivity contribution < 1.29 is 14.2 Å². The first-order valence-electron chi connectivity index (χ1n) is 8.67. The Hall–Kier alpha value is -4.08. The van der Waals surface area contributed by atoms with Gasteiger partial charge in [0.05, 0.1) is 27.3 Å². The molecule has 0 fully saturated rings. The number of carbonyl (C=O) groups excluding carboxylic acids is 1. The summed E-state index contributed by atoms with van der Waals surface area (Å²) in [7, 11) is 1.78. The fraction of sp³-hybridized carbons (Fsp3) is 0.158. The fourth-order valence-corrected chi connectivity index (χ4v) is 3.01. The van der Waals surface area contributed by atoms with E-state index in [-0.39, 0.29) is 11.4 Å². The molecule has 1 aromatic carbocycles. The third-order valence-corrected chi connectivity index (χ3v) is 4.57. The van der Waals surface area contributed by atoms with Crippen molar-refractivity contribution in [1.82, 2.24) is 19.9 Å². The first-order chi connectivity index (χ1) is 13.8. The minimum Gasteiger partial charge on any atom is -0.335 e. The van der Waals surface area contributed by atoms with Gasteiger partial charge in [-0.3, -0.25) is 19.6 Å². The highest BCUT2D eigenvalue weighted by Gasteiger charge is 2.21. The van der Waals surface area contributed by atoms with Crippen LogP contribution in [0.5, 0.6) is 0 Å². The number of nitrogens with zero attached hydrogens (tertiary/aromatic N) is 5. The summed E-state index contributed by atoms with van der Waals surface area (Å²) in [6.07, 6.45) is 0. The van der Waals surface area contributed by atoms with Gasteiger partial charge in [0.2, 0.25) is 0 Å². The number of aromatic nitrogens is 4. The summed E-state index contributed by atoms with van der Waals surface area (Å²) < 4.78 is 6.91. The average Bonchev–Trinajstić information content (AvgIpc) is 3.22. The molecule has 146 valence electrons. The predicted molar refractivity (Wildman–Crippen MR) is 105 cm³/mol. The van der Waals surface area contributed by atoms with E-state index >= 15 is 0 Å². The molecule has 0 unspecified atom stereocenters. The van der Waals surface area contributed by atoms with E-state index in [0.717, 1.165) is 5.69 Å². The third kappa shape index (κ3) is 3.31.